The first-order chi connectivity index (χ1) is 11.7. The molecule has 0 unspecified atom stereocenters. The van der Waals surface area contributed by atoms with Gasteiger partial charge in [-0.3, -0.25) is 4.79 Å². The van der Waals surface area contributed by atoms with Gasteiger partial charge in [-0.05, 0) is 42.4 Å². The van der Waals surface area contributed by atoms with Gasteiger partial charge in [0.1, 0.15) is 0 Å². The third-order valence-corrected chi connectivity index (χ3v) is 6.25. The van der Waals surface area contributed by atoms with Crippen molar-refractivity contribution >= 4 is 15.9 Å². The van der Waals surface area contributed by atoms with E-state index in [1.165, 1.54) is 0 Å². The molecule has 0 radical (unpaired) electrons. The predicted molar refractivity (Wildman–Crippen MR) is 99.8 cm³/mol. The van der Waals surface area contributed by atoms with Crippen LogP contribution in [0.25, 0.3) is 0 Å². The molecule has 0 bridgehead atoms. The first kappa shape index (κ1) is 19.9. The van der Waals surface area contributed by atoms with Crippen LogP contribution in [-0.2, 0) is 21.2 Å². The van der Waals surface area contributed by atoms with Crippen molar-refractivity contribution < 1.29 is 13.2 Å². The summed E-state index contributed by atoms with van der Waals surface area (Å²) in [5.74, 6) is 0.0277. The van der Waals surface area contributed by atoms with E-state index in [2.05, 4.69) is 26.1 Å². The average molecular weight is 367 g/mol. The molecule has 0 aliphatic carbocycles. The molecule has 140 valence electrons. The number of nitrogens with one attached hydrogen (secondary N) is 1. The lowest BCUT2D eigenvalue weighted by atomic mass is 9.97. The van der Waals surface area contributed by atoms with Crippen LogP contribution in [-0.4, -0.2) is 38.3 Å². The van der Waals surface area contributed by atoms with Gasteiger partial charge < -0.3 is 5.32 Å². The SMILES string of the molecule is CC(C)(C)CNC(=O)CCc1ccc(S(=O)(=O)N2CCCCC2)cc1. The summed E-state index contributed by atoms with van der Waals surface area (Å²) < 4.78 is 26.8. The number of amides is 1. The maximum Gasteiger partial charge on any atom is 0.243 e. The zero-order valence-electron chi connectivity index (χ0n) is 15.5. The highest BCUT2D eigenvalue weighted by atomic mass is 32.2. The molecular formula is C19H30N2O3S. The van der Waals surface area contributed by atoms with Crippen LogP contribution in [0.3, 0.4) is 0 Å². The summed E-state index contributed by atoms with van der Waals surface area (Å²) in [4.78, 5) is 12.2. The van der Waals surface area contributed by atoms with Gasteiger partial charge in [0.15, 0.2) is 0 Å². The third kappa shape index (κ3) is 6.12. The molecule has 2 rings (SSSR count). The highest BCUT2D eigenvalue weighted by Gasteiger charge is 2.25. The van der Waals surface area contributed by atoms with Gasteiger partial charge in [-0.15, -0.1) is 0 Å². The molecule has 1 heterocycles. The maximum atomic E-state index is 12.6. The summed E-state index contributed by atoms with van der Waals surface area (Å²) >= 11 is 0. The molecule has 0 saturated carbocycles. The molecule has 1 aliphatic rings. The number of sulfonamides is 1. The molecular weight excluding hydrogens is 336 g/mol. The monoisotopic (exact) mass is 366 g/mol. The lowest BCUT2D eigenvalue weighted by Gasteiger charge is -2.25. The Kier molecular flexibility index (Phi) is 6.63. The number of hydrogen-bond acceptors (Lipinski definition) is 3. The Morgan fingerprint density at radius 3 is 2.24 bits per heavy atom. The van der Waals surface area contributed by atoms with Gasteiger partial charge in [0.2, 0.25) is 15.9 Å². The largest absolute Gasteiger partial charge is 0.356 e. The number of piperidine rings is 1. The van der Waals surface area contributed by atoms with E-state index >= 15 is 0 Å². The Morgan fingerprint density at radius 2 is 1.68 bits per heavy atom. The zero-order valence-corrected chi connectivity index (χ0v) is 16.4. The number of hydrogen-bond donors (Lipinski definition) is 1. The second kappa shape index (κ2) is 8.32. The average Bonchev–Trinajstić information content (AvgIpc) is 2.58. The number of carbonyl (C=O) groups is 1. The molecule has 0 aromatic heterocycles. The van der Waals surface area contributed by atoms with Gasteiger partial charge in [-0.25, -0.2) is 8.42 Å². The summed E-state index contributed by atoms with van der Waals surface area (Å²) in [7, 11) is -3.38. The van der Waals surface area contributed by atoms with Gasteiger partial charge in [0, 0.05) is 26.1 Å². The fraction of sp³-hybridized carbons (Fsp3) is 0.632. The maximum absolute atomic E-state index is 12.6. The van der Waals surface area contributed by atoms with Crippen molar-refractivity contribution in [2.75, 3.05) is 19.6 Å². The molecule has 1 N–H and O–H groups in total. The van der Waals surface area contributed by atoms with E-state index in [-0.39, 0.29) is 11.3 Å². The standard InChI is InChI=1S/C19H30N2O3S/c1-19(2,3)15-20-18(22)12-9-16-7-10-17(11-8-16)25(23,24)21-13-5-4-6-14-21/h7-8,10-11H,4-6,9,12-15H2,1-3H3,(H,20,22). The van der Waals surface area contributed by atoms with Gasteiger partial charge in [-0.2, -0.15) is 4.31 Å². The third-order valence-electron chi connectivity index (χ3n) is 4.33. The molecule has 0 atom stereocenters. The summed E-state index contributed by atoms with van der Waals surface area (Å²) in [6.45, 7) is 8.10. The van der Waals surface area contributed by atoms with Crippen LogP contribution in [0.1, 0.15) is 52.0 Å². The lowest BCUT2D eigenvalue weighted by molar-refractivity contribution is -0.121. The molecule has 1 aromatic rings. The van der Waals surface area contributed by atoms with Crippen molar-refractivity contribution in [2.45, 2.75) is 57.8 Å². The summed E-state index contributed by atoms with van der Waals surface area (Å²) in [6.07, 6.45) is 3.98. The second-order valence-corrected chi connectivity index (χ2v) is 9.88. The zero-order chi connectivity index (χ0) is 18.5. The molecule has 1 aromatic carbocycles. The first-order valence-electron chi connectivity index (χ1n) is 9.04. The van der Waals surface area contributed by atoms with Crippen molar-refractivity contribution in [1.29, 1.82) is 0 Å². The number of benzene rings is 1. The Morgan fingerprint density at radius 1 is 1.08 bits per heavy atom. The van der Waals surface area contributed by atoms with E-state index in [0.717, 1.165) is 24.8 Å². The second-order valence-electron chi connectivity index (χ2n) is 7.95. The fourth-order valence-electron chi connectivity index (χ4n) is 2.79. The minimum Gasteiger partial charge on any atom is -0.356 e. The van der Waals surface area contributed by atoms with Crippen LogP contribution in [0.15, 0.2) is 29.2 Å². The first-order valence-corrected chi connectivity index (χ1v) is 10.5. The molecule has 1 fully saturated rings. The van der Waals surface area contributed by atoms with Crippen molar-refractivity contribution in [3.63, 3.8) is 0 Å². The van der Waals surface area contributed by atoms with Gasteiger partial charge in [0.25, 0.3) is 0 Å². The summed E-state index contributed by atoms with van der Waals surface area (Å²) in [6, 6.07) is 6.94. The highest BCUT2D eigenvalue weighted by molar-refractivity contribution is 7.89. The van der Waals surface area contributed by atoms with E-state index in [1.54, 1.807) is 16.4 Å². The van der Waals surface area contributed by atoms with Crippen LogP contribution < -0.4 is 5.32 Å². The van der Waals surface area contributed by atoms with Crippen molar-refractivity contribution in [3.8, 4) is 0 Å². The highest BCUT2D eigenvalue weighted by Crippen LogP contribution is 2.21. The van der Waals surface area contributed by atoms with E-state index in [1.807, 2.05) is 12.1 Å². The van der Waals surface area contributed by atoms with Crippen molar-refractivity contribution in [1.82, 2.24) is 9.62 Å². The number of nitrogens with zero attached hydrogens (tertiary/aromatic N) is 1. The predicted octanol–water partition coefficient (Wildman–Crippen LogP) is 2.96. The molecule has 1 saturated heterocycles. The van der Waals surface area contributed by atoms with Crippen LogP contribution in [0.4, 0.5) is 0 Å². The van der Waals surface area contributed by atoms with Crippen LogP contribution in [0.5, 0.6) is 0 Å². The van der Waals surface area contributed by atoms with Crippen LogP contribution >= 0.6 is 0 Å². The smallest absolute Gasteiger partial charge is 0.243 e. The van der Waals surface area contributed by atoms with Crippen LogP contribution in [0, 0.1) is 5.41 Å². The minimum absolute atomic E-state index is 0.0277. The Balaban J connectivity index is 1.90. The Bertz CT molecular complexity index is 670. The topological polar surface area (TPSA) is 66.5 Å². The molecule has 6 heteroatoms. The van der Waals surface area contributed by atoms with E-state index in [4.69, 9.17) is 0 Å². The van der Waals surface area contributed by atoms with Gasteiger partial charge >= 0.3 is 0 Å². The van der Waals surface area contributed by atoms with Gasteiger partial charge in [-0.1, -0.05) is 39.3 Å². The van der Waals surface area contributed by atoms with Crippen LogP contribution in [0.2, 0.25) is 0 Å². The van der Waals surface area contributed by atoms with Crippen molar-refractivity contribution in [2.24, 2.45) is 5.41 Å². The fourth-order valence-corrected chi connectivity index (χ4v) is 4.31. The van der Waals surface area contributed by atoms with E-state index < -0.39 is 10.0 Å². The lowest BCUT2D eigenvalue weighted by Crippen LogP contribution is -2.35. The summed E-state index contributed by atoms with van der Waals surface area (Å²) in [5.41, 5.74) is 1.05. The Hall–Kier alpha value is -1.40. The van der Waals surface area contributed by atoms with E-state index in [9.17, 15) is 13.2 Å². The number of aryl methyl sites for hydroxylation is 1. The van der Waals surface area contributed by atoms with Crippen molar-refractivity contribution in [3.05, 3.63) is 29.8 Å². The number of rotatable bonds is 6. The minimum atomic E-state index is -3.38. The summed E-state index contributed by atoms with van der Waals surface area (Å²) in [5, 5.41) is 2.93. The molecule has 0 spiro atoms. The number of carbonyl (C=O) groups excluding carboxylic acids is 1. The quantitative estimate of drug-likeness (QED) is 0.842. The molecule has 1 aliphatic heterocycles. The van der Waals surface area contributed by atoms with E-state index in [0.29, 0.717) is 37.4 Å². The molecule has 25 heavy (non-hydrogen) atoms. The Labute approximate surface area is 151 Å². The molecule has 1 amide bonds. The normalized spacial score (nSPS) is 16.6. The molecule has 5 nitrogen and oxygen atoms in total. The van der Waals surface area contributed by atoms with Gasteiger partial charge in [0.05, 0.1) is 4.90 Å².